The summed E-state index contributed by atoms with van der Waals surface area (Å²) in [5.41, 5.74) is 1.13. The number of benzene rings is 1. The summed E-state index contributed by atoms with van der Waals surface area (Å²) < 4.78 is 0. The smallest absolute Gasteiger partial charge is 0.407 e. The second-order valence-electron chi connectivity index (χ2n) is 5.62. The van der Waals surface area contributed by atoms with Crippen LogP contribution in [-0.4, -0.2) is 49.4 Å². The zero-order valence-corrected chi connectivity index (χ0v) is 12.5. The molecule has 2 heterocycles. The molecule has 7 heteroatoms. The first kappa shape index (κ1) is 14.5. The SMILES string of the molecule is Cc1nnn(C(c2ccccc2)C2CCN(C(=O)O)CC2)n1. The highest BCUT2D eigenvalue weighted by molar-refractivity contribution is 5.65. The Hall–Kier alpha value is -2.44. The van der Waals surface area contributed by atoms with Crippen LogP contribution >= 0.6 is 0 Å². The molecule has 1 saturated heterocycles. The van der Waals surface area contributed by atoms with E-state index in [4.69, 9.17) is 5.11 Å². The maximum Gasteiger partial charge on any atom is 0.407 e. The Bertz CT molecular complexity index is 634. The van der Waals surface area contributed by atoms with E-state index in [1.54, 1.807) is 4.80 Å². The van der Waals surface area contributed by atoms with Crippen LogP contribution in [0.4, 0.5) is 4.79 Å². The number of aryl methyl sites for hydroxylation is 1. The summed E-state index contributed by atoms with van der Waals surface area (Å²) in [5.74, 6) is 0.940. The lowest BCUT2D eigenvalue weighted by atomic mass is 9.86. The molecule has 22 heavy (non-hydrogen) atoms. The molecule has 0 radical (unpaired) electrons. The van der Waals surface area contributed by atoms with Crippen LogP contribution in [0.1, 0.15) is 30.3 Å². The summed E-state index contributed by atoms with van der Waals surface area (Å²) in [6.07, 6.45) is 0.753. The molecule has 1 aliphatic heterocycles. The predicted octanol–water partition coefficient (Wildman–Crippen LogP) is 1.96. The Balaban J connectivity index is 1.85. The van der Waals surface area contributed by atoms with Gasteiger partial charge >= 0.3 is 6.09 Å². The lowest BCUT2D eigenvalue weighted by Crippen LogP contribution is -2.40. The highest BCUT2D eigenvalue weighted by atomic mass is 16.4. The second kappa shape index (κ2) is 6.13. The molecule has 1 N–H and O–H groups in total. The first-order valence-corrected chi connectivity index (χ1v) is 7.44. The molecule has 2 aromatic rings. The third-order valence-electron chi connectivity index (χ3n) is 4.17. The number of likely N-dealkylation sites (tertiary alicyclic amines) is 1. The second-order valence-corrected chi connectivity index (χ2v) is 5.62. The van der Waals surface area contributed by atoms with Gasteiger partial charge in [-0.2, -0.15) is 4.80 Å². The van der Waals surface area contributed by atoms with Gasteiger partial charge < -0.3 is 10.0 Å². The highest BCUT2D eigenvalue weighted by Gasteiger charge is 2.31. The van der Waals surface area contributed by atoms with Gasteiger partial charge in [0.2, 0.25) is 0 Å². The van der Waals surface area contributed by atoms with Crippen LogP contribution in [0.3, 0.4) is 0 Å². The number of piperidine rings is 1. The number of nitrogens with zero attached hydrogens (tertiary/aromatic N) is 5. The topological polar surface area (TPSA) is 84.1 Å². The lowest BCUT2D eigenvalue weighted by molar-refractivity contribution is 0.114. The number of hydrogen-bond donors (Lipinski definition) is 1. The van der Waals surface area contributed by atoms with Crippen molar-refractivity contribution in [2.24, 2.45) is 5.92 Å². The number of hydrogen-bond acceptors (Lipinski definition) is 4. The van der Waals surface area contributed by atoms with Crippen molar-refractivity contribution in [1.82, 2.24) is 25.1 Å². The summed E-state index contributed by atoms with van der Waals surface area (Å²) in [6.45, 7) is 2.92. The van der Waals surface area contributed by atoms with Gasteiger partial charge in [0.15, 0.2) is 5.82 Å². The van der Waals surface area contributed by atoms with E-state index in [9.17, 15) is 4.79 Å². The van der Waals surface area contributed by atoms with Gasteiger partial charge in [-0.25, -0.2) is 4.79 Å². The van der Waals surface area contributed by atoms with Crippen LogP contribution in [0.2, 0.25) is 0 Å². The molecule has 0 aliphatic carbocycles. The van der Waals surface area contributed by atoms with Gasteiger partial charge in [0.05, 0.1) is 0 Å². The van der Waals surface area contributed by atoms with E-state index in [1.807, 2.05) is 25.1 Å². The van der Waals surface area contributed by atoms with Crippen molar-refractivity contribution < 1.29 is 9.90 Å². The van der Waals surface area contributed by atoms with E-state index < -0.39 is 6.09 Å². The van der Waals surface area contributed by atoms with Gasteiger partial charge in [0, 0.05) is 13.1 Å². The molecule has 0 bridgehead atoms. The molecule has 0 saturated carbocycles. The number of rotatable bonds is 3. The van der Waals surface area contributed by atoms with Crippen LogP contribution < -0.4 is 0 Å². The predicted molar refractivity (Wildman–Crippen MR) is 79.5 cm³/mol. The molecule has 1 amide bonds. The summed E-state index contributed by atoms with van der Waals surface area (Å²) in [4.78, 5) is 14.2. The lowest BCUT2D eigenvalue weighted by Gasteiger charge is -2.34. The van der Waals surface area contributed by atoms with E-state index in [0.29, 0.717) is 24.8 Å². The van der Waals surface area contributed by atoms with Gasteiger partial charge in [-0.15, -0.1) is 10.2 Å². The number of amides is 1. The first-order valence-electron chi connectivity index (χ1n) is 7.44. The van der Waals surface area contributed by atoms with Crippen molar-refractivity contribution in [3.8, 4) is 0 Å². The van der Waals surface area contributed by atoms with E-state index in [-0.39, 0.29) is 6.04 Å². The molecule has 3 rings (SSSR count). The molecule has 1 atom stereocenters. The van der Waals surface area contributed by atoms with Crippen molar-refractivity contribution in [3.63, 3.8) is 0 Å². The van der Waals surface area contributed by atoms with Gasteiger partial charge in [0.1, 0.15) is 6.04 Å². The number of aromatic nitrogens is 4. The van der Waals surface area contributed by atoms with E-state index in [0.717, 1.165) is 18.4 Å². The Labute approximate surface area is 128 Å². The summed E-state index contributed by atoms with van der Waals surface area (Å²) in [5, 5.41) is 21.6. The van der Waals surface area contributed by atoms with Crippen LogP contribution in [0.15, 0.2) is 30.3 Å². The minimum absolute atomic E-state index is 0.00153. The third-order valence-corrected chi connectivity index (χ3v) is 4.17. The molecule has 1 aromatic heterocycles. The maximum atomic E-state index is 11.1. The zero-order valence-electron chi connectivity index (χ0n) is 12.5. The molecule has 1 fully saturated rings. The van der Waals surface area contributed by atoms with Gasteiger partial charge in [-0.05, 0) is 36.5 Å². The Morgan fingerprint density at radius 2 is 1.95 bits per heavy atom. The fraction of sp³-hybridized carbons (Fsp3) is 0.467. The Morgan fingerprint density at radius 1 is 1.27 bits per heavy atom. The molecule has 116 valence electrons. The molecule has 1 unspecified atom stereocenters. The fourth-order valence-corrected chi connectivity index (χ4v) is 3.07. The van der Waals surface area contributed by atoms with Crippen LogP contribution in [0.25, 0.3) is 0 Å². The minimum Gasteiger partial charge on any atom is -0.465 e. The van der Waals surface area contributed by atoms with E-state index >= 15 is 0 Å². The van der Waals surface area contributed by atoms with Crippen molar-refractivity contribution in [3.05, 3.63) is 41.7 Å². The quantitative estimate of drug-likeness (QED) is 0.937. The normalized spacial score (nSPS) is 17.4. The number of carboxylic acid groups (broad SMARTS) is 1. The highest BCUT2D eigenvalue weighted by Crippen LogP contribution is 2.33. The number of carbonyl (C=O) groups is 1. The average molecular weight is 301 g/mol. The van der Waals surface area contributed by atoms with Crippen LogP contribution in [0.5, 0.6) is 0 Å². The molecular weight excluding hydrogens is 282 g/mol. The fourth-order valence-electron chi connectivity index (χ4n) is 3.07. The summed E-state index contributed by atoms with van der Waals surface area (Å²) in [6, 6.07) is 10.1. The van der Waals surface area contributed by atoms with Crippen molar-refractivity contribution in [2.45, 2.75) is 25.8 Å². The average Bonchev–Trinajstić information content (AvgIpc) is 2.95. The maximum absolute atomic E-state index is 11.1. The minimum atomic E-state index is -0.843. The molecule has 7 nitrogen and oxygen atoms in total. The molecule has 0 spiro atoms. The largest absolute Gasteiger partial charge is 0.465 e. The molecular formula is C15H19N5O2. The van der Waals surface area contributed by atoms with Gasteiger partial charge in [0.25, 0.3) is 0 Å². The molecule has 1 aliphatic rings. The van der Waals surface area contributed by atoms with Crippen LogP contribution in [0, 0.1) is 12.8 Å². The van der Waals surface area contributed by atoms with E-state index in [2.05, 4.69) is 27.5 Å². The summed E-state index contributed by atoms with van der Waals surface area (Å²) >= 11 is 0. The number of tetrazole rings is 1. The van der Waals surface area contributed by atoms with Crippen molar-refractivity contribution in [1.29, 1.82) is 0 Å². The van der Waals surface area contributed by atoms with Crippen molar-refractivity contribution in [2.75, 3.05) is 13.1 Å². The Morgan fingerprint density at radius 3 is 2.50 bits per heavy atom. The van der Waals surface area contributed by atoms with E-state index in [1.165, 1.54) is 4.90 Å². The van der Waals surface area contributed by atoms with Crippen LogP contribution in [-0.2, 0) is 0 Å². The Kier molecular flexibility index (Phi) is 4.04. The third kappa shape index (κ3) is 2.93. The standard InChI is InChI=1S/C15H19N5O2/c1-11-16-18-20(17-11)14(12-5-3-2-4-6-12)13-7-9-19(10-8-13)15(21)22/h2-6,13-14H,7-10H2,1H3,(H,21,22). The monoisotopic (exact) mass is 301 g/mol. The first-order chi connectivity index (χ1) is 10.6. The molecule has 1 aromatic carbocycles. The van der Waals surface area contributed by atoms with Gasteiger partial charge in [-0.1, -0.05) is 30.3 Å². The van der Waals surface area contributed by atoms with Crippen molar-refractivity contribution >= 4 is 6.09 Å². The zero-order chi connectivity index (χ0) is 15.5. The summed E-state index contributed by atoms with van der Waals surface area (Å²) in [7, 11) is 0. The van der Waals surface area contributed by atoms with Gasteiger partial charge in [-0.3, -0.25) is 0 Å².